The molecule has 2 nitrogen and oxygen atoms in total. The summed E-state index contributed by atoms with van der Waals surface area (Å²) in [7, 11) is 1.50. The van der Waals surface area contributed by atoms with Gasteiger partial charge in [-0.3, -0.25) is 0 Å². The maximum Gasteiger partial charge on any atom is 0.194 e. The SMILES string of the molecule is COc1c(C(N)c2cc(F)c(F)c(F)c2)ccc(C)c1C. The van der Waals surface area contributed by atoms with E-state index < -0.39 is 23.5 Å². The minimum atomic E-state index is -1.50. The van der Waals surface area contributed by atoms with E-state index in [0.717, 1.165) is 23.3 Å². The lowest BCUT2D eigenvalue weighted by atomic mass is 9.94. The number of hydrogen-bond acceptors (Lipinski definition) is 2. The first-order valence-corrected chi connectivity index (χ1v) is 6.41. The molecule has 0 aliphatic heterocycles. The zero-order valence-electron chi connectivity index (χ0n) is 12.0. The van der Waals surface area contributed by atoms with Crippen molar-refractivity contribution in [3.8, 4) is 5.75 Å². The van der Waals surface area contributed by atoms with Crippen molar-refractivity contribution in [2.45, 2.75) is 19.9 Å². The third kappa shape index (κ3) is 2.74. The molecular weight excluding hydrogens is 279 g/mol. The third-order valence-electron chi connectivity index (χ3n) is 3.61. The van der Waals surface area contributed by atoms with Crippen molar-refractivity contribution >= 4 is 0 Å². The summed E-state index contributed by atoms with van der Waals surface area (Å²) in [6, 6.07) is 4.58. The molecule has 0 aliphatic rings. The van der Waals surface area contributed by atoms with Gasteiger partial charge in [-0.25, -0.2) is 13.2 Å². The number of benzene rings is 2. The molecule has 1 unspecified atom stereocenters. The first-order valence-electron chi connectivity index (χ1n) is 6.41. The van der Waals surface area contributed by atoms with E-state index in [0.29, 0.717) is 11.3 Å². The highest BCUT2D eigenvalue weighted by atomic mass is 19.2. The van der Waals surface area contributed by atoms with Crippen molar-refractivity contribution in [2.24, 2.45) is 5.73 Å². The van der Waals surface area contributed by atoms with Crippen LogP contribution in [0.5, 0.6) is 5.75 Å². The number of ether oxygens (including phenoxy) is 1. The van der Waals surface area contributed by atoms with Gasteiger partial charge < -0.3 is 10.5 Å². The molecule has 0 aromatic heterocycles. The molecule has 0 fully saturated rings. The second-order valence-electron chi connectivity index (χ2n) is 4.91. The molecule has 1 atom stereocenters. The summed E-state index contributed by atoms with van der Waals surface area (Å²) in [6.45, 7) is 3.79. The fourth-order valence-corrected chi connectivity index (χ4v) is 2.26. The van der Waals surface area contributed by atoms with Crippen LogP contribution in [0.4, 0.5) is 13.2 Å². The molecule has 0 heterocycles. The molecule has 2 aromatic carbocycles. The molecule has 0 aliphatic carbocycles. The van der Waals surface area contributed by atoms with E-state index >= 15 is 0 Å². The zero-order chi connectivity index (χ0) is 15.7. The molecule has 0 saturated heterocycles. The zero-order valence-corrected chi connectivity index (χ0v) is 12.0. The van der Waals surface area contributed by atoms with Gasteiger partial charge in [0.1, 0.15) is 5.75 Å². The topological polar surface area (TPSA) is 35.2 Å². The van der Waals surface area contributed by atoms with Crippen molar-refractivity contribution in [1.82, 2.24) is 0 Å². The van der Waals surface area contributed by atoms with E-state index in [1.54, 1.807) is 6.07 Å². The van der Waals surface area contributed by atoms with E-state index in [4.69, 9.17) is 10.5 Å². The summed E-state index contributed by atoms with van der Waals surface area (Å²) in [5.74, 6) is -3.46. The van der Waals surface area contributed by atoms with Gasteiger partial charge in [0.05, 0.1) is 13.2 Å². The Kier molecular flexibility index (Phi) is 4.23. The van der Waals surface area contributed by atoms with Crippen LogP contribution in [-0.2, 0) is 0 Å². The minimum Gasteiger partial charge on any atom is -0.496 e. The van der Waals surface area contributed by atoms with Crippen molar-refractivity contribution < 1.29 is 17.9 Å². The predicted octanol–water partition coefficient (Wildman–Crippen LogP) is 3.78. The molecule has 0 saturated carbocycles. The normalized spacial score (nSPS) is 12.3. The summed E-state index contributed by atoms with van der Waals surface area (Å²) in [5, 5.41) is 0. The molecule has 112 valence electrons. The number of rotatable bonds is 3. The summed E-state index contributed by atoms with van der Waals surface area (Å²) in [4.78, 5) is 0. The molecule has 0 amide bonds. The molecule has 21 heavy (non-hydrogen) atoms. The van der Waals surface area contributed by atoms with E-state index in [2.05, 4.69) is 0 Å². The number of methoxy groups -OCH3 is 1. The number of halogens is 3. The average molecular weight is 295 g/mol. The van der Waals surface area contributed by atoms with Crippen LogP contribution in [0.3, 0.4) is 0 Å². The quantitative estimate of drug-likeness (QED) is 0.875. The Balaban J connectivity index is 2.55. The van der Waals surface area contributed by atoms with Crippen LogP contribution in [0.25, 0.3) is 0 Å². The van der Waals surface area contributed by atoms with Gasteiger partial charge in [0.2, 0.25) is 0 Å². The maximum absolute atomic E-state index is 13.3. The molecular formula is C16H16F3NO. The number of hydrogen-bond donors (Lipinski definition) is 1. The summed E-state index contributed by atoms with van der Waals surface area (Å²) < 4.78 is 45.0. The first kappa shape index (κ1) is 15.4. The van der Waals surface area contributed by atoms with Gasteiger partial charge in [0.25, 0.3) is 0 Å². The van der Waals surface area contributed by atoms with Crippen LogP contribution in [0, 0.1) is 31.3 Å². The Labute approximate surface area is 121 Å². The molecule has 2 N–H and O–H groups in total. The predicted molar refractivity (Wildman–Crippen MR) is 74.8 cm³/mol. The fraction of sp³-hybridized carbons (Fsp3) is 0.250. The molecule has 2 aromatic rings. The highest BCUT2D eigenvalue weighted by Crippen LogP contribution is 2.33. The van der Waals surface area contributed by atoms with Crippen LogP contribution < -0.4 is 10.5 Å². The summed E-state index contributed by atoms with van der Waals surface area (Å²) in [6.07, 6.45) is 0. The first-order chi connectivity index (χ1) is 9.86. The van der Waals surface area contributed by atoms with Crippen LogP contribution in [0.1, 0.15) is 28.3 Å². The fourth-order valence-electron chi connectivity index (χ4n) is 2.26. The lowest BCUT2D eigenvalue weighted by Crippen LogP contribution is -2.15. The average Bonchev–Trinajstić information content (AvgIpc) is 2.46. The summed E-state index contributed by atoms with van der Waals surface area (Å²) in [5.41, 5.74) is 8.71. The molecule has 0 spiro atoms. The Morgan fingerprint density at radius 3 is 2.14 bits per heavy atom. The van der Waals surface area contributed by atoms with E-state index in [1.165, 1.54) is 7.11 Å². The number of aryl methyl sites for hydroxylation is 1. The molecule has 0 radical (unpaired) electrons. The largest absolute Gasteiger partial charge is 0.496 e. The lowest BCUT2D eigenvalue weighted by molar-refractivity contribution is 0.403. The van der Waals surface area contributed by atoms with Crippen LogP contribution in [0.15, 0.2) is 24.3 Å². The highest BCUT2D eigenvalue weighted by Gasteiger charge is 2.20. The Morgan fingerprint density at radius 2 is 1.62 bits per heavy atom. The van der Waals surface area contributed by atoms with Gasteiger partial charge in [-0.2, -0.15) is 0 Å². The smallest absolute Gasteiger partial charge is 0.194 e. The van der Waals surface area contributed by atoms with Crippen molar-refractivity contribution in [3.63, 3.8) is 0 Å². The lowest BCUT2D eigenvalue weighted by Gasteiger charge is -2.19. The molecule has 5 heteroatoms. The molecule has 0 bridgehead atoms. The van der Waals surface area contributed by atoms with Crippen LogP contribution >= 0.6 is 0 Å². The van der Waals surface area contributed by atoms with Gasteiger partial charge in [-0.15, -0.1) is 0 Å². The Bertz CT molecular complexity index is 662. The Hall–Kier alpha value is -2.01. The van der Waals surface area contributed by atoms with Gasteiger partial charge in [-0.1, -0.05) is 12.1 Å². The van der Waals surface area contributed by atoms with Gasteiger partial charge in [-0.05, 0) is 42.7 Å². The van der Waals surface area contributed by atoms with Crippen molar-refractivity contribution in [1.29, 1.82) is 0 Å². The highest BCUT2D eigenvalue weighted by molar-refractivity contribution is 5.49. The monoisotopic (exact) mass is 295 g/mol. The van der Waals surface area contributed by atoms with Crippen LogP contribution in [-0.4, -0.2) is 7.11 Å². The second-order valence-corrected chi connectivity index (χ2v) is 4.91. The number of nitrogens with two attached hydrogens (primary N) is 1. The molecule has 2 rings (SSSR count). The van der Waals surface area contributed by atoms with Crippen molar-refractivity contribution in [3.05, 3.63) is 64.0 Å². The summed E-state index contributed by atoms with van der Waals surface area (Å²) >= 11 is 0. The van der Waals surface area contributed by atoms with Crippen LogP contribution in [0.2, 0.25) is 0 Å². The minimum absolute atomic E-state index is 0.146. The van der Waals surface area contributed by atoms with E-state index in [-0.39, 0.29) is 5.56 Å². The van der Waals surface area contributed by atoms with Gasteiger partial charge in [0, 0.05) is 5.56 Å². The second kappa shape index (κ2) is 5.77. The van der Waals surface area contributed by atoms with Gasteiger partial charge in [0.15, 0.2) is 17.5 Å². The van der Waals surface area contributed by atoms with Crippen molar-refractivity contribution in [2.75, 3.05) is 7.11 Å². The Morgan fingerprint density at radius 1 is 1.05 bits per heavy atom. The maximum atomic E-state index is 13.3. The van der Waals surface area contributed by atoms with Gasteiger partial charge >= 0.3 is 0 Å². The van der Waals surface area contributed by atoms with E-state index in [9.17, 15) is 13.2 Å². The third-order valence-corrected chi connectivity index (χ3v) is 3.61. The standard InChI is InChI=1S/C16H16F3NO/c1-8-4-5-11(16(21-3)9(8)2)15(20)10-6-12(17)14(19)13(18)7-10/h4-7,15H,20H2,1-3H3. The van der Waals surface area contributed by atoms with E-state index in [1.807, 2.05) is 19.9 Å².